The zero-order chi connectivity index (χ0) is 17.6. The summed E-state index contributed by atoms with van der Waals surface area (Å²) >= 11 is 0. The highest BCUT2D eigenvalue weighted by Crippen LogP contribution is 2.32. The number of carbonyl (C=O) groups excluding carboxylic acids is 1. The van der Waals surface area contributed by atoms with Gasteiger partial charge in [0.05, 0.1) is 19.0 Å². The molecule has 0 spiro atoms. The molecule has 0 radical (unpaired) electrons. The predicted octanol–water partition coefficient (Wildman–Crippen LogP) is 3.93. The van der Waals surface area contributed by atoms with Crippen molar-refractivity contribution in [2.75, 3.05) is 7.11 Å². The van der Waals surface area contributed by atoms with Gasteiger partial charge in [0.25, 0.3) is 0 Å². The Morgan fingerprint density at radius 2 is 1.88 bits per heavy atom. The average Bonchev–Trinajstić information content (AvgIpc) is 2.67. The number of carbonyl (C=O) groups is 1. The van der Waals surface area contributed by atoms with Crippen LogP contribution in [0.15, 0.2) is 61.1 Å². The first-order valence-electron chi connectivity index (χ1n) is 7.84. The number of rotatable bonds is 6. The van der Waals surface area contributed by atoms with Gasteiger partial charge in [0.2, 0.25) is 0 Å². The number of hydrogen-bond donors (Lipinski definition) is 0. The lowest BCUT2D eigenvalue weighted by Crippen LogP contribution is -2.01. The van der Waals surface area contributed by atoms with Crippen LogP contribution in [0.1, 0.15) is 23.0 Å². The van der Waals surface area contributed by atoms with Crippen LogP contribution < -0.4 is 9.47 Å². The van der Waals surface area contributed by atoms with Crippen molar-refractivity contribution in [1.82, 2.24) is 9.97 Å². The van der Waals surface area contributed by atoms with Gasteiger partial charge in [0.1, 0.15) is 18.1 Å². The highest BCUT2D eigenvalue weighted by molar-refractivity contribution is 5.96. The molecule has 3 rings (SSSR count). The second kappa shape index (κ2) is 7.57. The maximum Gasteiger partial charge on any atom is 0.159 e. The van der Waals surface area contributed by atoms with Gasteiger partial charge in [-0.1, -0.05) is 12.1 Å². The Morgan fingerprint density at radius 1 is 1.08 bits per heavy atom. The molecule has 1 heterocycles. The lowest BCUT2D eigenvalue weighted by Gasteiger charge is -2.13. The smallest absolute Gasteiger partial charge is 0.159 e. The normalized spacial score (nSPS) is 10.3. The molecule has 5 heteroatoms. The van der Waals surface area contributed by atoms with E-state index in [1.807, 2.05) is 36.4 Å². The Morgan fingerprint density at radius 3 is 2.52 bits per heavy atom. The van der Waals surface area contributed by atoms with Crippen molar-refractivity contribution < 1.29 is 14.3 Å². The molecule has 0 aliphatic rings. The number of methoxy groups -OCH3 is 1. The summed E-state index contributed by atoms with van der Waals surface area (Å²) in [6, 6.07) is 13.1. The van der Waals surface area contributed by atoms with Gasteiger partial charge in [-0.25, -0.2) is 0 Å². The third-order valence-electron chi connectivity index (χ3n) is 3.78. The second-order valence-electron chi connectivity index (χ2n) is 5.48. The molecule has 0 amide bonds. The molecular weight excluding hydrogens is 316 g/mol. The van der Waals surface area contributed by atoms with E-state index in [1.165, 1.54) is 0 Å². The van der Waals surface area contributed by atoms with Crippen LogP contribution in [-0.2, 0) is 6.61 Å². The van der Waals surface area contributed by atoms with E-state index in [0.717, 1.165) is 22.6 Å². The molecule has 0 saturated carbocycles. The molecule has 126 valence electrons. The summed E-state index contributed by atoms with van der Waals surface area (Å²) in [5.41, 5.74) is 3.16. The molecule has 1 aromatic heterocycles. The summed E-state index contributed by atoms with van der Waals surface area (Å²) in [6.45, 7) is 1.85. The predicted molar refractivity (Wildman–Crippen MR) is 94.8 cm³/mol. The van der Waals surface area contributed by atoms with Gasteiger partial charge >= 0.3 is 0 Å². The van der Waals surface area contributed by atoms with Crippen LogP contribution in [-0.4, -0.2) is 22.9 Å². The van der Waals surface area contributed by atoms with Crippen molar-refractivity contribution in [3.8, 4) is 22.6 Å². The monoisotopic (exact) mass is 334 g/mol. The molecule has 0 atom stereocenters. The Bertz CT molecular complexity index is 862. The number of Topliss-reactive ketones (excluding diaryl/α,β-unsaturated/α-hetero) is 1. The number of aromatic nitrogens is 2. The minimum Gasteiger partial charge on any atom is -0.497 e. The van der Waals surface area contributed by atoms with Gasteiger partial charge in [0.15, 0.2) is 5.78 Å². The second-order valence-corrected chi connectivity index (χ2v) is 5.48. The largest absolute Gasteiger partial charge is 0.497 e. The molecule has 0 N–H and O–H groups in total. The lowest BCUT2D eigenvalue weighted by atomic mass is 10.0. The van der Waals surface area contributed by atoms with E-state index >= 15 is 0 Å². The number of ether oxygens (including phenoxy) is 2. The van der Waals surface area contributed by atoms with E-state index < -0.39 is 0 Å². The van der Waals surface area contributed by atoms with E-state index in [0.29, 0.717) is 17.9 Å². The molecule has 0 aliphatic heterocycles. The molecule has 3 aromatic rings. The summed E-state index contributed by atoms with van der Waals surface area (Å²) in [5, 5.41) is 0. The van der Waals surface area contributed by atoms with Crippen LogP contribution in [0.25, 0.3) is 11.1 Å². The van der Waals surface area contributed by atoms with Crippen LogP contribution in [0.4, 0.5) is 0 Å². The van der Waals surface area contributed by atoms with Crippen molar-refractivity contribution in [2.24, 2.45) is 0 Å². The molecule has 0 bridgehead atoms. The van der Waals surface area contributed by atoms with Crippen molar-refractivity contribution in [2.45, 2.75) is 13.5 Å². The molecular formula is C20H18N2O3. The highest BCUT2D eigenvalue weighted by Gasteiger charge is 2.11. The number of ketones is 1. The molecule has 0 saturated heterocycles. The topological polar surface area (TPSA) is 61.3 Å². The van der Waals surface area contributed by atoms with Crippen LogP contribution in [0.5, 0.6) is 11.5 Å². The fourth-order valence-electron chi connectivity index (χ4n) is 2.43. The quantitative estimate of drug-likeness (QED) is 0.639. The fraction of sp³-hybridized carbons (Fsp3) is 0.150. The zero-order valence-corrected chi connectivity index (χ0v) is 14.1. The molecule has 5 nitrogen and oxygen atoms in total. The minimum absolute atomic E-state index is 0.00948. The van der Waals surface area contributed by atoms with Gasteiger partial charge < -0.3 is 9.47 Å². The van der Waals surface area contributed by atoms with E-state index in [-0.39, 0.29) is 5.78 Å². The van der Waals surface area contributed by atoms with Crippen LogP contribution >= 0.6 is 0 Å². The molecule has 0 aliphatic carbocycles. The standard InChI is InChI=1S/C20H18N2O3/c1-14(23)16-5-8-20(25-13-17-12-21-9-10-22-17)19(11-16)15-3-6-18(24-2)7-4-15/h3-12H,13H2,1-2H3. The van der Waals surface area contributed by atoms with Crippen molar-refractivity contribution >= 4 is 5.78 Å². The zero-order valence-electron chi connectivity index (χ0n) is 14.1. The molecule has 2 aromatic carbocycles. The number of nitrogens with zero attached hydrogens (tertiary/aromatic N) is 2. The average molecular weight is 334 g/mol. The van der Waals surface area contributed by atoms with E-state index in [9.17, 15) is 4.79 Å². The van der Waals surface area contributed by atoms with Gasteiger partial charge in [-0.3, -0.25) is 14.8 Å². The summed E-state index contributed by atoms with van der Waals surface area (Å²) in [5.74, 6) is 1.46. The molecule has 25 heavy (non-hydrogen) atoms. The van der Waals surface area contributed by atoms with E-state index in [1.54, 1.807) is 38.7 Å². The number of hydrogen-bond acceptors (Lipinski definition) is 5. The van der Waals surface area contributed by atoms with Crippen LogP contribution in [0.3, 0.4) is 0 Å². The fourth-order valence-corrected chi connectivity index (χ4v) is 2.43. The number of benzene rings is 2. The first-order valence-corrected chi connectivity index (χ1v) is 7.84. The Balaban J connectivity index is 1.94. The van der Waals surface area contributed by atoms with Gasteiger partial charge in [-0.2, -0.15) is 0 Å². The molecule has 0 fully saturated rings. The summed E-state index contributed by atoms with van der Waals surface area (Å²) in [6.07, 6.45) is 4.91. The summed E-state index contributed by atoms with van der Waals surface area (Å²) in [4.78, 5) is 20.0. The van der Waals surface area contributed by atoms with Crippen LogP contribution in [0.2, 0.25) is 0 Å². The third-order valence-corrected chi connectivity index (χ3v) is 3.78. The lowest BCUT2D eigenvalue weighted by molar-refractivity contribution is 0.101. The maximum atomic E-state index is 11.7. The van der Waals surface area contributed by atoms with Gasteiger partial charge in [-0.15, -0.1) is 0 Å². The first-order chi connectivity index (χ1) is 12.2. The SMILES string of the molecule is COc1ccc(-c2cc(C(C)=O)ccc2OCc2cnccn2)cc1. The van der Waals surface area contributed by atoms with Crippen molar-refractivity contribution in [1.29, 1.82) is 0 Å². The van der Waals surface area contributed by atoms with E-state index in [2.05, 4.69) is 9.97 Å². The van der Waals surface area contributed by atoms with Crippen molar-refractivity contribution in [3.63, 3.8) is 0 Å². The van der Waals surface area contributed by atoms with Gasteiger partial charge in [-0.05, 0) is 42.8 Å². The Labute approximate surface area is 146 Å². The van der Waals surface area contributed by atoms with Gasteiger partial charge in [0, 0.05) is 23.5 Å². The van der Waals surface area contributed by atoms with Crippen LogP contribution in [0, 0.1) is 0 Å². The third kappa shape index (κ3) is 4.01. The Kier molecular flexibility index (Phi) is 5.04. The molecule has 0 unspecified atom stereocenters. The van der Waals surface area contributed by atoms with Crippen molar-refractivity contribution in [3.05, 3.63) is 72.3 Å². The summed E-state index contributed by atoms with van der Waals surface area (Å²) < 4.78 is 11.1. The highest BCUT2D eigenvalue weighted by atomic mass is 16.5. The Hall–Kier alpha value is -3.21. The van der Waals surface area contributed by atoms with E-state index in [4.69, 9.17) is 9.47 Å². The first kappa shape index (κ1) is 16.6. The maximum absolute atomic E-state index is 11.7. The minimum atomic E-state index is 0.00948. The summed E-state index contributed by atoms with van der Waals surface area (Å²) in [7, 11) is 1.63.